The molecule has 4 nitrogen and oxygen atoms in total. The molecular weight excluding hydrogens is 214 g/mol. The third-order valence-electron chi connectivity index (χ3n) is 4.82. The molecule has 4 unspecified atom stereocenters. The van der Waals surface area contributed by atoms with Crippen LogP contribution in [0, 0.1) is 5.92 Å². The lowest BCUT2D eigenvalue weighted by atomic mass is 9.84. The fourth-order valence-electron chi connectivity index (χ4n) is 3.79. The van der Waals surface area contributed by atoms with Gasteiger partial charge in [0, 0.05) is 37.6 Å². The summed E-state index contributed by atoms with van der Waals surface area (Å²) >= 11 is 0. The van der Waals surface area contributed by atoms with Gasteiger partial charge in [0.15, 0.2) is 0 Å². The smallest absolute Gasteiger partial charge is 0.220 e. The van der Waals surface area contributed by atoms with Crippen LogP contribution in [0.3, 0.4) is 0 Å². The van der Waals surface area contributed by atoms with Gasteiger partial charge >= 0.3 is 0 Å². The van der Waals surface area contributed by atoms with Crippen LogP contribution in [0.25, 0.3) is 0 Å². The quantitative estimate of drug-likeness (QED) is 0.697. The summed E-state index contributed by atoms with van der Waals surface area (Å²) in [7, 11) is 0. The van der Waals surface area contributed by atoms with Gasteiger partial charge in [-0.3, -0.25) is 9.69 Å². The number of amides is 1. The molecule has 1 amide bonds. The number of nitrogens with two attached hydrogens (primary N) is 1. The van der Waals surface area contributed by atoms with Gasteiger partial charge in [-0.15, -0.1) is 0 Å². The molecule has 3 N–H and O–H groups in total. The zero-order valence-electron chi connectivity index (χ0n) is 10.4. The summed E-state index contributed by atoms with van der Waals surface area (Å²) in [5, 5.41) is 3.15. The minimum atomic E-state index is 0.252. The maximum Gasteiger partial charge on any atom is 0.220 e. The highest BCUT2D eigenvalue weighted by atomic mass is 16.1. The minimum absolute atomic E-state index is 0.252. The number of likely N-dealkylation sites (tertiary alicyclic amines) is 1. The summed E-state index contributed by atoms with van der Waals surface area (Å²) in [5.41, 5.74) is 6.00. The van der Waals surface area contributed by atoms with Gasteiger partial charge in [-0.25, -0.2) is 0 Å². The van der Waals surface area contributed by atoms with E-state index < -0.39 is 0 Å². The molecule has 0 radical (unpaired) electrons. The zero-order valence-corrected chi connectivity index (χ0v) is 10.4. The van der Waals surface area contributed by atoms with Gasteiger partial charge in [0.05, 0.1) is 0 Å². The van der Waals surface area contributed by atoms with Crippen LogP contribution in [0.2, 0.25) is 0 Å². The molecule has 4 heteroatoms. The van der Waals surface area contributed by atoms with Crippen molar-refractivity contribution in [1.82, 2.24) is 10.2 Å². The van der Waals surface area contributed by atoms with Gasteiger partial charge < -0.3 is 11.1 Å². The molecule has 3 fully saturated rings. The molecule has 0 bridgehead atoms. The maximum absolute atomic E-state index is 11.4. The third-order valence-corrected chi connectivity index (χ3v) is 4.82. The van der Waals surface area contributed by atoms with Crippen LogP contribution in [-0.2, 0) is 4.79 Å². The lowest BCUT2D eigenvalue weighted by Crippen LogP contribution is -2.55. The summed E-state index contributed by atoms with van der Waals surface area (Å²) in [6.45, 7) is 2.31. The molecular formula is C13H23N3O. The van der Waals surface area contributed by atoms with Gasteiger partial charge in [0.1, 0.15) is 0 Å². The van der Waals surface area contributed by atoms with E-state index in [4.69, 9.17) is 5.73 Å². The van der Waals surface area contributed by atoms with E-state index in [-0.39, 0.29) is 5.91 Å². The molecule has 1 aliphatic carbocycles. The normalized spacial score (nSPS) is 43.2. The van der Waals surface area contributed by atoms with Crippen molar-refractivity contribution in [2.45, 2.75) is 56.7 Å². The maximum atomic E-state index is 11.4. The summed E-state index contributed by atoms with van der Waals surface area (Å²) in [6.07, 6.45) is 6.55. The van der Waals surface area contributed by atoms with Gasteiger partial charge in [0.25, 0.3) is 0 Å². The Hall–Kier alpha value is -0.610. The number of carbonyl (C=O) groups is 1. The Kier molecular flexibility index (Phi) is 3.09. The Balaban J connectivity index is 1.59. The van der Waals surface area contributed by atoms with Crippen LogP contribution >= 0.6 is 0 Å². The highest BCUT2D eigenvalue weighted by Crippen LogP contribution is 2.30. The zero-order chi connectivity index (χ0) is 11.8. The molecule has 2 saturated heterocycles. The van der Waals surface area contributed by atoms with Crippen LogP contribution in [0.4, 0.5) is 0 Å². The topological polar surface area (TPSA) is 58.4 Å². The van der Waals surface area contributed by atoms with E-state index >= 15 is 0 Å². The van der Waals surface area contributed by atoms with Crippen LogP contribution in [-0.4, -0.2) is 42.0 Å². The van der Waals surface area contributed by atoms with Crippen molar-refractivity contribution in [3.63, 3.8) is 0 Å². The highest BCUT2D eigenvalue weighted by Gasteiger charge is 2.37. The van der Waals surface area contributed by atoms with Gasteiger partial charge in [-0.2, -0.15) is 0 Å². The van der Waals surface area contributed by atoms with E-state index in [2.05, 4.69) is 10.2 Å². The number of nitrogens with one attached hydrogen (secondary N) is 1. The monoisotopic (exact) mass is 237 g/mol. The standard InChI is InChI=1S/C13H23N3O/c14-10-2-3-11(7-10)16-6-5-12-9(8-16)1-4-13(17)15-12/h9-12H,1-8,14H2,(H,15,17). The third kappa shape index (κ3) is 2.33. The second-order valence-corrected chi connectivity index (χ2v) is 5.98. The first-order chi connectivity index (χ1) is 8.22. The van der Waals surface area contributed by atoms with Crippen LogP contribution in [0.1, 0.15) is 38.5 Å². The summed E-state index contributed by atoms with van der Waals surface area (Å²) < 4.78 is 0. The van der Waals surface area contributed by atoms with Crippen molar-refractivity contribution in [1.29, 1.82) is 0 Å². The lowest BCUT2D eigenvalue weighted by molar-refractivity contribution is -0.125. The molecule has 17 heavy (non-hydrogen) atoms. The van der Waals surface area contributed by atoms with Gasteiger partial charge in [-0.05, 0) is 38.0 Å². The highest BCUT2D eigenvalue weighted by molar-refractivity contribution is 5.77. The molecule has 1 saturated carbocycles. The molecule has 2 heterocycles. The van der Waals surface area contributed by atoms with Crippen molar-refractivity contribution in [3.8, 4) is 0 Å². The number of rotatable bonds is 1. The Morgan fingerprint density at radius 2 is 2.12 bits per heavy atom. The second kappa shape index (κ2) is 4.58. The Labute approximate surface area is 103 Å². The van der Waals surface area contributed by atoms with Crippen LogP contribution < -0.4 is 11.1 Å². The second-order valence-electron chi connectivity index (χ2n) is 5.98. The van der Waals surface area contributed by atoms with E-state index in [1.165, 1.54) is 25.8 Å². The van der Waals surface area contributed by atoms with Crippen LogP contribution in [0.5, 0.6) is 0 Å². The van der Waals surface area contributed by atoms with E-state index in [0.29, 0.717) is 24.0 Å². The average Bonchev–Trinajstić information content (AvgIpc) is 2.75. The predicted octanol–water partition coefficient (Wildman–Crippen LogP) is 0.467. The SMILES string of the molecule is NC1CCC(N2CCC3NC(=O)CCC3C2)C1. The lowest BCUT2D eigenvalue weighted by Gasteiger charge is -2.43. The largest absolute Gasteiger partial charge is 0.353 e. The minimum Gasteiger partial charge on any atom is -0.353 e. The number of carbonyl (C=O) groups excluding carboxylic acids is 1. The van der Waals surface area contributed by atoms with E-state index in [1.54, 1.807) is 0 Å². The summed E-state index contributed by atoms with van der Waals surface area (Å²) in [4.78, 5) is 14.0. The molecule has 4 atom stereocenters. The number of piperidine rings is 2. The van der Waals surface area contributed by atoms with Crippen molar-refractivity contribution in [2.24, 2.45) is 11.7 Å². The molecule has 0 spiro atoms. The van der Waals surface area contributed by atoms with Gasteiger partial charge in [-0.1, -0.05) is 0 Å². The molecule has 0 aromatic heterocycles. The van der Waals surface area contributed by atoms with Crippen molar-refractivity contribution in [3.05, 3.63) is 0 Å². The molecule has 2 aliphatic heterocycles. The van der Waals surface area contributed by atoms with E-state index in [0.717, 1.165) is 25.8 Å². The molecule has 96 valence electrons. The Morgan fingerprint density at radius 1 is 1.24 bits per heavy atom. The Bertz CT molecular complexity index is 307. The van der Waals surface area contributed by atoms with Crippen LogP contribution in [0.15, 0.2) is 0 Å². The van der Waals surface area contributed by atoms with Crippen molar-refractivity contribution >= 4 is 5.91 Å². The summed E-state index contributed by atoms with van der Waals surface area (Å²) in [5.74, 6) is 0.931. The fourth-order valence-corrected chi connectivity index (χ4v) is 3.79. The number of fused-ring (bicyclic) bond motifs is 1. The number of nitrogens with zero attached hydrogens (tertiary/aromatic N) is 1. The first-order valence-electron chi connectivity index (χ1n) is 7.01. The number of hydrogen-bond donors (Lipinski definition) is 2. The summed E-state index contributed by atoms with van der Waals surface area (Å²) in [6, 6.07) is 1.58. The average molecular weight is 237 g/mol. The first kappa shape index (κ1) is 11.5. The molecule has 3 rings (SSSR count). The van der Waals surface area contributed by atoms with Crippen molar-refractivity contribution in [2.75, 3.05) is 13.1 Å². The number of hydrogen-bond acceptors (Lipinski definition) is 3. The van der Waals surface area contributed by atoms with Gasteiger partial charge in [0.2, 0.25) is 5.91 Å². The van der Waals surface area contributed by atoms with E-state index in [9.17, 15) is 4.79 Å². The fraction of sp³-hybridized carbons (Fsp3) is 0.923. The predicted molar refractivity (Wildman–Crippen MR) is 66.5 cm³/mol. The van der Waals surface area contributed by atoms with Crippen molar-refractivity contribution < 1.29 is 4.79 Å². The first-order valence-corrected chi connectivity index (χ1v) is 7.01. The Morgan fingerprint density at radius 3 is 2.88 bits per heavy atom. The van der Waals surface area contributed by atoms with E-state index in [1.807, 2.05) is 0 Å². The molecule has 0 aromatic carbocycles. The molecule has 3 aliphatic rings. The molecule has 0 aromatic rings.